The Morgan fingerprint density at radius 2 is 1.96 bits per heavy atom. The third-order valence-electron chi connectivity index (χ3n) is 3.76. The summed E-state index contributed by atoms with van der Waals surface area (Å²) < 4.78 is 0. The minimum Gasteiger partial charge on any atom is -0.382 e. The van der Waals surface area contributed by atoms with Gasteiger partial charge < -0.3 is 16.0 Å². The third kappa shape index (κ3) is 5.90. The predicted molar refractivity (Wildman–Crippen MR) is 99.2 cm³/mol. The van der Waals surface area contributed by atoms with Crippen molar-refractivity contribution in [1.82, 2.24) is 10.3 Å². The van der Waals surface area contributed by atoms with Gasteiger partial charge in [0.05, 0.1) is 18.2 Å². The zero-order valence-electron chi connectivity index (χ0n) is 14.2. The van der Waals surface area contributed by atoms with Crippen LogP contribution in [0, 0.1) is 11.3 Å². The maximum absolute atomic E-state index is 8.75. The van der Waals surface area contributed by atoms with Crippen molar-refractivity contribution in [2.75, 3.05) is 37.3 Å². The Balaban J connectivity index is 1.60. The first kappa shape index (κ1) is 17.8. The molecule has 126 valence electrons. The molecule has 0 saturated carbocycles. The van der Waals surface area contributed by atoms with E-state index in [-0.39, 0.29) is 0 Å². The molecule has 1 aromatic carbocycles. The van der Waals surface area contributed by atoms with Crippen LogP contribution in [-0.2, 0) is 12.8 Å². The van der Waals surface area contributed by atoms with Crippen molar-refractivity contribution in [1.29, 1.82) is 5.26 Å². The van der Waals surface area contributed by atoms with Crippen LogP contribution in [-0.4, -0.2) is 31.7 Å². The minimum absolute atomic E-state index is 0.482. The maximum atomic E-state index is 8.75. The number of nitriles is 1. The van der Waals surface area contributed by atoms with Crippen LogP contribution in [0.5, 0.6) is 0 Å². The van der Waals surface area contributed by atoms with Crippen molar-refractivity contribution in [3.63, 3.8) is 0 Å². The summed E-state index contributed by atoms with van der Waals surface area (Å²) in [7, 11) is 1.88. The highest BCUT2D eigenvalue weighted by atomic mass is 15.0. The molecule has 2 rings (SSSR count). The van der Waals surface area contributed by atoms with E-state index in [0.717, 1.165) is 49.5 Å². The van der Waals surface area contributed by atoms with Crippen molar-refractivity contribution in [3.05, 3.63) is 53.7 Å². The molecular weight excluding hydrogens is 298 g/mol. The summed E-state index contributed by atoms with van der Waals surface area (Å²) in [5.41, 5.74) is 3.41. The van der Waals surface area contributed by atoms with Gasteiger partial charge in [0.1, 0.15) is 5.82 Å². The molecule has 24 heavy (non-hydrogen) atoms. The lowest BCUT2D eigenvalue weighted by atomic mass is 10.1. The van der Waals surface area contributed by atoms with Crippen molar-refractivity contribution in [2.45, 2.75) is 19.3 Å². The Morgan fingerprint density at radius 3 is 2.79 bits per heavy atom. The summed E-state index contributed by atoms with van der Waals surface area (Å²) in [5.74, 6) is 0.878. The van der Waals surface area contributed by atoms with Crippen LogP contribution >= 0.6 is 0 Å². The van der Waals surface area contributed by atoms with Crippen molar-refractivity contribution in [2.24, 2.45) is 0 Å². The van der Waals surface area contributed by atoms with Gasteiger partial charge in [-0.25, -0.2) is 4.98 Å². The van der Waals surface area contributed by atoms with Crippen LogP contribution in [0.4, 0.5) is 11.5 Å². The number of rotatable bonds is 10. The minimum atomic E-state index is 0.482. The number of hydrogen-bond donors (Lipinski definition) is 3. The normalized spacial score (nSPS) is 10.2. The zero-order chi connectivity index (χ0) is 17.0. The fourth-order valence-corrected chi connectivity index (χ4v) is 2.53. The molecule has 0 spiro atoms. The summed E-state index contributed by atoms with van der Waals surface area (Å²) >= 11 is 0. The molecule has 2 aromatic rings. The topological polar surface area (TPSA) is 72.8 Å². The number of hydrogen-bond acceptors (Lipinski definition) is 5. The lowest BCUT2D eigenvalue weighted by Crippen LogP contribution is -2.20. The van der Waals surface area contributed by atoms with Crippen LogP contribution in [0.1, 0.15) is 17.5 Å². The monoisotopic (exact) mass is 323 g/mol. The fraction of sp³-hybridized carbons (Fsp3) is 0.368. The Bertz CT molecular complexity index is 663. The molecule has 0 bridgehead atoms. The van der Waals surface area contributed by atoms with E-state index in [2.05, 4.69) is 39.1 Å². The molecule has 0 aliphatic heterocycles. The van der Waals surface area contributed by atoms with Gasteiger partial charge in [-0.05, 0) is 49.2 Å². The third-order valence-corrected chi connectivity index (χ3v) is 3.76. The molecule has 0 radical (unpaired) electrons. The molecule has 1 heterocycles. The number of pyridine rings is 1. The highest BCUT2D eigenvalue weighted by molar-refractivity contribution is 5.63. The predicted octanol–water partition coefficient (Wildman–Crippen LogP) is 2.82. The number of nitrogens with zero attached hydrogens (tertiary/aromatic N) is 2. The molecule has 5 heteroatoms. The molecule has 5 nitrogen and oxygen atoms in total. The van der Waals surface area contributed by atoms with Gasteiger partial charge in [0, 0.05) is 19.8 Å². The number of benzene rings is 1. The lowest BCUT2D eigenvalue weighted by Gasteiger charge is -2.11. The maximum Gasteiger partial charge on any atom is 0.149 e. The van der Waals surface area contributed by atoms with Gasteiger partial charge in [0.25, 0.3) is 0 Å². The summed E-state index contributed by atoms with van der Waals surface area (Å²) in [4.78, 5) is 4.27. The van der Waals surface area contributed by atoms with Crippen LogP contribution in [0.3, 0.4) is 0 Å². The lowest BCUT2D eigenvalue weighted by molar-refractivity contribution is 0.660. The van der Waals surface area contributed by atoms with E-state index in [4.69, 9.17) is 5.26 Å². The summed E-state index contributed by atoms with van der Waals surface area (Å²) in [5, 5.41) is 18.7. The summed E-state index contributed by atoms with van der Waals surface area (Å²) in [6.45, 7) is 2.83. The molecule has 0 aliphatic rings. The highest BCUT2D eigenvalue weighted by Crippen LogP contribution is 2.16. The average molecular weight is 323 g/mol. The molecule has 3 N–H and O–H groups in total. The van der Waals surface area contributed by atoms with Crippen LogP contribution < -0.4 is 16.0 Å². The standard InChI is InChI=1S/C19H25N5/c1-21-19-18(7-3-12-24-19)23-13-4-11-22-14-9-17-6-2-5-16(15-17)8-10-20/h2-3,5-7,12,15,22-23H,4,8-9,11,13-14H2,1H3,(H,21,24). The van der Waals surface area contributed by atoms with Crippen molar-refractivity contribution < 1.29 is 0 Å². The van der Waals surface area contributed by atoms with E-state index in [1.165, 1.54) is 5.56 Å². The first-order valence-electron chi connectivity index (χ1n) is 8.35. The van der Waals surface area contributed by atoms with E-state index < -0.39 is 0 Å². The first-order valence-corrected chi connectivity index (χ1v) is 8.35. The van der Waals surface area contributed by atoms with Crippen molar-refractivity contribution in [3.8, 4) is 6.07 Å². The Hall–Kier alpha value is -2.58. The van der Waals surface area contributed by atoms with E-state index in [1.807, 2.05) is 31.3 Å². The van der Waals surface area contributed by atoms with Crippen LogP contribution in [0.25, 0.3) is 0 Å². The molecule has 0 amide bonds. The molecule has 1 aromatic heterocycles. The molecule has 0 fully saturated rings. The van der Waals surface area contributed by atoms with E-state index in [0.29, 0.717) is 6.42 Å². The van der Waals surface area contributed by atoms with Crippen LogP contribution in [0.15, 0.2) is 42.6 Å². The zero-order valence-corrected chi connectivity index (χ0v) is 14.2. The van der Waals surface area contributed by atoms with E-state index in [9.17, 15) is 0 Å². The number of aromatic nitrogens is 1. The molecule has 0 unspecified atom stereocenters. The summed E-state index contributed by atoms with van der Waals surface area (Å²) in [6, 6.07) is 14.4. The largest absolute Gasteiger partial charge is 0.382 e. The number of nitrogens with one attached hydrogen (secondary N) is 3. The van der Waals surface area contributed by atoms with Gasteiger partial charge in [-0.2, -0.15) is 5.26 Å². The second kappa shape index (κ2) is 10.2. The summed E-state index contributed by atoms with van der Waals surface area (Å²) in [6.07, 6.45) is 4.30. The molecular formula is C19H25N5. The van der Waals surface area contributed by atoms with E-state index in [1.54, 1.807) is 6.20 Å². The Kier molecular flexibility index (Phi) is 7.58. The molecule has 0 atom stereocenters. The SMILES string of the molecule is CNc1ncccc1NCCCNCCc1cccc(CC#N)c1. The second-order valence-electron chi connectivity index (χ2n) is 5.58. The highest BCUT2D eigenvalue weighted by Gasteiger charge is 2.00. The smallest absolute Gasteiger partial charge is 0.149 e. The van der Waals surface area contributed by atoms with Gasteiger partial charge in [0.15, 0.2) is 0 Å². The van der Waals surface area contributed by atoms with Gasteiger partial charge in [-0.15, -0.1) is 0 Å². The Morgan fingerprint density at radius 1 is 1.08 bits per heavy atom. The quantitative estimate of drug-likeness (QED) is 0.586. The van der Waals surface area contributed by atoms with E-state index >= 15 is 0 Å². The fourth-order valence-electron chi connectivity index (χ4n) is 2.53. The Labute approximate surface area is 144 Å². The van der Waals surface area contributed by atoms with Gasteiger partial charge in [0.2, 0.25) is 0 Å². The molecule has 0 saturated heterocycles. The van der Waals surface area contributed by atoms with Gasteiger partial charge in [-0.1, -0.05) is 24.3 Å². The number of anilines is 2. The first-order chi connectivity index (χ1) is 11.8. The van der Waals surface area contributed by atoms with Gasteiger partial charge >= 0.3 is 0 Å². The van der Waals surface area contributed by atoms with Crippen LogP contribution in [0.2, 0.25) is 0 Å². The molecule has 0 aliphatic carbocycles. The van der Waals surface area contributed by atoms with Gasteiger partial charge in [-0.3, -0.25) is 0 Å². The van der Waals surface area contributed by atoms with Crippen molar-refractivity contribution >= 4 is 11.5 Å². The second-order valence-corrected chi connectivity index (χ2v) is 5.58. The average Bonchev–Trinajstić information content (AvgIpc) is 2.62.